The molecule has 1 aromatic heterocycles. The Morgan fingerprint density at radius 3 is 2.67 bits per heavy atom. The van der Waals surface area contributed by atoms with Gasteiger partial charge >= 0.3 is 0 Å². The van der Waals surface area contributed by atoms with Gasteiger partial charge in [0.1, 0.15) is 16.2 Å². The lowest BCUT2D eigenvalue weighted by Crippen LogP contribution is -2.16. The third-order valence-electron chi connectivity index (χ3n) is 2.94. The minimum Gasteiger partial charge on any atom is -0.367 e. The molecule has 1 heterocycles. The number of hydrogen-bond donors (Lipinski definition) is 1. The molecule has 0 saturated carbocycles. The maximum atomic E-state index is 4.48. The molecule has 0 saturated heterocycles. The zero-order valence-corrected chi connectivity index (χ0v) is 13.3. The van der Waals surface area contributed by atoms with Gasteiger partial charge in [-0.3, -0.25) is 0 Å². The van der Waals surface area contributed by atoms with Crippen LogP contribution in [0.1, 0.15) is 58.7 Å². The molecule has 0 bridgehead atoms. The van der Waals surface area contributed by atoms with E-state index in [1.165, 1.54) is 32.1 Å². The summed E-state index contributed by atoms with van der Waals surface area (Å²) in [7, 11) is 0. The third kappa shape index (κ3) is 5.80. The van der Waals surface area contributed by atoms with Gasteiger partial charge in [-0.15, -0.1) is 0 Å². The van der Waals surface area contributed by atoms with E-state index in [1.807, 2.05) is 6.07 Å². The molecule has 1 N–H and O–H groups in total. The smallest absolute Gasteiger partial charge is 0.131 e. The Hall–Kier alpha value is -0.640. The molecule has 0 aliphatic rings. The van der Waals surface area contributed by atoms with Gasteiger partial charge in [0, 0.05) is 18.5 Å². The third-order valence-corrected chi connectivity index (χ3v) is 3.35. The van der Waals surface area contributed by atoms with Crippen molar-refractivity contribution in [3.8, 4) is 0 Å². The number of nitrogens with zero attached hydrogens (tertiary/aromatic N) is 2. The minimum absolute atomic E-state index is 0.466. The molecule has 0 amide bonds. The first-order valence-corrected chi connectivity index (χ1v) is 7.75. The van der Waals surface area contributed by atoms with Crippen LogP contribution in [0.5, 0.6) is 0 Å². The van der Waals surface area contributed by atoms with Crippen LogP contribution in [0.3, 0.4) is 0 Å². The molecule has 1 unspecified atom stereocenters. The highest BCUT2D eigenvalue weighted by atomic mass is 79.9. The summed E-state index contributed by atoms with van der Waals surface area (Å²) in [6.45, 7) is 6.53. The summed E-state index contributed by atoms with van der Waals surface area (Å²) in [5.74, 6) is 1.81. The fourth-order valence-electron chi connectivity index (χ4n) is 1.90. The molecule has 102 valence electrons. The Morgan fingerprint density at radius 1 is 1.22 bits per heavy atom. The van der Waals surface area contributed by atoms with E-state index in [2.05, 4.69) is 52.0 Å². The van der Waals surface area contributed by atoms with Crippen LogP contribution in [0, 0.1) is 0 Å². The lowest BCUT2D eigenvalue weighted by atomic mass is 10.1. The van der Waals surface area contributed by atoms with Crippen LogP contribution in [0.25, 0.3) is 0 Å². The number of aromatic nitrogens is 2. The monoisotopic (exact) mass is 313 g/mol. The standard InChI is InChI=1S/C14H24BrN3/c1-4-6-7-8-9-11(3)16-14-10-12(15)17-13(5-2)18-14/h10-11H,4-9H2,1-3H3,(H,16,17,18). The molecule has 0 spiro atoms. The second kappa shape index (κ2) is 8.46. The highest BCUT2D eigenvalue weighted by Gasteiger charge is 2.05. The number of aryl methyl sites for hydroxylation is 1. The van der Waals surface area contributed by atoms with Crippen LogP contribution in [-0.2, 0) is 6.42 Å². The number of nitrogens with one attached hydrogen (secondary N) is 1. The number of halogens is 1. The SMILES string of the molecule is CCCCCCC(C)Nc1cc(Br)nc(CC)n1. The minimum atomic E-state index is 0.466. The fraction of sp³-hybridized carbons (Fsp3) is 0.714. The summed E-state index contributed by atoms with van der Waals surface area (Å²) >= 11 is 3.43. The molecule has 1 rings (SSSR count). The van der Waals surface area contributed by atoms with Crippen molar-refractivity contribution in [1.82, 2.24) is 9.97 Å². The van der Waals surface area contributed by atoms with Crippen LogP contribution in [0.15, 0.2) is 10.7 Å². The average molecular weight is 314 g/mol. The van der Waals surface area contributed by atoms with Gasteiger partial charge in [0.2, 0.25) is 0 Å². The Kier molecular flexibility index (Phi) is 7.25. The largest absolute Gasteiger partial charge is 0.367 e. The molecular formula is C14H24BrN3. The summed E-state index contributed by atoms with van der Waals surface area (Å²) in [4.78, 5) is 8.80. The lowest BCUT2D eigenvalue weighted by Gasteiger charge is -2.15. The number of unbranched alkanes of at least 4 members (excludes halogenated alkanes) is 3. The zero-order chi connectivity index (χ0) is 13.4. The van der Waals surface area contributed by atoms with E-state index < -0.39 is 0 Å². The molecule has 0 aromatic carbocycles. The van der Waals surface area contributed by atoms with E-state index in [0.29, 0.717) is 6.04 Å². The van der Waals surface area contributed by atoms with Crippen LogP contribution in [0.4, 0.5) is 5.82 Å². The summed E-state index contributed by atoms with van der Waals surface area (Å²) in [5.41, 5.74) is 0. The first-order chi connectivity index (χ1) is 8.65. The van der Waals surface area contributed by atoms with Gasteiger partial charge in [-0.25, -0.2) is 9.97 Å². The van der Waals surface area contributed by atoms with Crippen molar-refractivity contribution < 1.29 is 0 Å². The lowest BCUT2D eigenvalue weighted by molar-refractivity contribution is 0.592. The number of hydrogen-bond acceptors (Lipinski definition) is 3. The van der Waals surface area contributed by atoms with Crippen LogP contribution < -0.4 is 5.32 Å². The van der Waals surface area contributed by atoms with Crippen molar-refractivity contribution in [3.05, 3.63) is 16.5 Å². The van der Waals surface area contributed by atoms with E-state index in [0.717, 1.165) is 22.7 Å². The van der Waals surface area contributed by atoms with Gasteiger partial charge in [0.25, 0.3) is 0 Å². The van der Waals surface area contributed by atoms with E-state index in [1.54, 1.807) is 0 Å². The van der Waals surface area contributed by atoms with Gasteiger partial charge in [0.05, 0.1) is 0 Å². The van der Waals surface area contributed by atoms with Gasteiger partial charge in [0.15, 0.2) is 0 Å². The van der Waals surface area contributed by atoms with Crippen molar-refractivity contribution in [2.45, 2.75) is 65.3 Å². The normalized spacial score (nSPS) is 12.4. The first-order valence-electron chi connectivity index (χ1n) is 6.95. The first kappa shape index (κ1) is 15.4. The summed E-state index contributed by atoms with van der Waals surface area (Å²) in [5, 5.41) is 3.45. The highest BCUT2D eigenvalue weighted by Crippen LogP contribution is 2.15. The average Bonchev–Trinajstić information content (AvgIpc) is 2.34. The molecule has 4 heteroatoms. The fourth-order valence-corrected chi connectivity index (χ4v) is 2.32. The van der Waals surface area contributed by atoms with E-state index >= 15 is 0 Å². The van der Waals surface area contributed by atoms with E-state index in [-0.39, 0.29) is 0 Å². The van der Waals surface area contributed by atoms with E-state index in [9.17, 15) is 0 Å². The van der Waals surface area contributed by atoms with Gasteiger partial charge in [-0.05, 0) is 29.3 Å². The van der Waals surface area contributed by atoms with Gasteiger partial charge < -0.3 is 5.32 Å². The Bertz CT molecular complexity index is 355. The molecular weight excluding hydrogens is 290 g/mol. The van der Waals surface area contributed by atoms with Gasteiger partial charge in [-0.2, -0.15) is 0 Å². The molecule has 3 nitrogen and oxygen atoms in total. The molecule has 0 aliphatic heterocycles. The van der Waals surface area contributed by atoms with Crippen LogP contribution in [-0.4, -0.2) is 16.0 Å². The summed E-state index contributed by atoms with van der Waals surface area (Å²) < 4.78 is 0.857. The Balaban J connectivity index is 2.43. The Morgan fingerprint density at radius 2 is 2.00 bits per heavy atom. The second-order valence-electron chi connectivity index (χ2n) is 4.74. The molecule has 0 fully saturated rings. The van der Waals surface area contributed by atoms with Crippen molar-refractivity contribution in [2.75, 3.05) is 5.32 Å². The summed E-state index contributed by atoms with van der Waals surface area (Å²) in [6, 6.07) is 2.41. The predicted octanol–water partition coefficient (Wildman–Crippen LogP) is 4.57. The quantitative estimate of drug-likeness (QED) is 0.564. The van der Waals surface area contributed by atoms with E-state index in [4.69, 9.17) is 0 Å². The zero-order valence-electron chi connectivity index (χ0n) is 11.7. The molecule has 0 radical (unpaired) electrons. The maximum absolute atomic E-state index is 4.48. The molecule has 1 aromatic rings. The van der Waals surface area contributed by atoms with Crippen LogP contribution in [0.2, 0.25) is 0 Å². The highest BCUT2D eigenvalue weighted by molar-refractivity contribution is 9.10. The summed E-state index contributed by atoms with van der Waals surface area (Å²) in [6.07, 6.45) is 7.31. The molecule has 0 aliphatic carbocycles. The Labute approximate surface area is 119 Å². The number of anilines is 1. The maximum Gasteiger partial charge on any atom is 0.131 e. The molecule has 1 atom stereocenters. The number of rotatable bonds is 8. The predicted molar refractivity (Wildman–Crippen MR) is 81.0 cm³/mol. The van der Waals surface area contributed by atoms with Crippen LogP contribution >= 0.6 is 15.9 Å². The second-order valence-corrected chi connectivity index (χ2v) is 5.55. The van der Waals surface area contributed by atoms with Crippen molar-refractivity contribution in [3.63, 3.8) is 0 Å². The van der Waals surface area contributed by atoms with Gasteiger partial charge in [-0.1, -0.05) is 39.5 Å². The molecule has 18 heavy (non-hydrogen) atoms. The topological polar surface area (TPSA) is 37.8 Å². The van der Waals surface area contributed by atoms with Crippen molar-refractivity contribution in [1.29, 1.82) is 0 Å². The van der Waals surface area contributed by atoms with Crippen molar-refractivity contribution >= 4 is 21.7 Å². The van der Waals surface area contributed by atoms with Crippen molar-refractivity contribution in [2.24, 2.45) is 0 Å².